The van der Waals surface area contributed by atoms with Crippen molar-refractivity contribution in [3.63, 3.8) is 0 Å². The molecule has 1 N–H and O–H groups in total. The molecule has 7 saturated carbocycles. The van der Waals surface area contributed by atoms with E-state index in [1.165, 1.54) is 13.5 Å². The lowest BCUT2D eigenvalue weighted by Gasteiger charge is -2.44. The number of carboxylic acid groups (broad SMARTS) is 1. The Kier molecular flexibility index (Phi) is 1.20. The second-order valence-electron chi connectivity index (χ2n) is 7.74. The van der Waals surface area contributed by atoms with Crippen molar-refractivity contribution in [2.24, 2.45) is 64.6 Å². The van der Waals surface area contributed by atoms with Crippen molar-refractivity contribution in [2.75, 3.05) is 7.11 Å². The largest absolute Gasteiger partial charge is 0.480 e. The maximum absolute atomic E-state index is 12.4. The van der Waals surface area contributed by atoms with Gasteiger partial charge in [0.05, 0.1) is 7.11 Å². The molecule has 0 spiro atoms. The smallest absolute Gasteiger partial charge is 0.323 e. The van der Waals surface area contributed by atoms with Gasteiger partial charge in [-0.05, 0) is 65.6 Å². The zero-order valence-electron chi connectivity index (χ0n) is 10.7. The van der Waals surface area contributed by atoms with Crippen molar-refractivity contribution >= 4 is 11.9 Å². The fourth-order valence-corrected chi connectivity index (χ4v) is 8.78. The maximum Gasteiger partial charge on any atom is 0.323 e. The van der Waals surface area contributed by atoms with E-state index in [0.29, 0.717) is 23.7 Å². The topological polar surface area (TPSA) is 63.6 Å². The Morgan fingerprint density at radius 2 is 1.53 bits per heavy atom. The summed E-state index contributed by atoms with van der Waals surface area (Å²) in [6.45, 7) is 0. The average Bonchev–Trinajstić information content (AvgIpc) is 2.98. The summed E-state index contributed by atoms with van der Waals surface area (Å²) >= 11 is 0. The van der Waals surface area contributed by atoms with E-state index in [1.54, 1.807) is 0 Å². The van der Waals surface area contributed by atoms with Crippen LogP contribution in [0.25, 0.3) is 0 Å². The van der Waals surface area contributed by atoms with Crippen molar-refractivity contribution in [1.82, 2.24) is 0 Å². The Hall–Kier alpha value is -1.06. The summed E-state index contributed by atoms with van der Waals surface area (Å²) in [5.41, 5.74) is -1.17. The van der Waals surface area contributed by atoms with Crippen LogP contribution in [0.3, 0.4) is 0 Å². The first-order chi connectivity index (χ1) is 9.15. The van der Waals surface area contributed by atoms with E-state index >= 15 is 0 Å². The van der Waals surface area contributed by atoms with Gasteiger partial charge in [0.1, 0.15) is 0 Å². The highest BCUT2D eigenvalue weighted by atomic mass is 16.5. The van der Waals surface area contributed by atoms with Gasteiger partial charge >= 0.3 is 11.9 Å². The number of carbonyl (C=O) groups is 2. The maximum atomic E-state index is 12.4. The van der Waals surface area contributed by atoms with Crippen molar-refractivity contribution in [3.8, 4) is 0 Å². The Morgan fingerprint density at radius 1 is 1.00 bits per heavy atom. The quantitative estimate of drug-likeness (QED) is 0.591. The SMILES string of the molecule is COC(=O)C1(C(=O)O)C2C3C4C5C3[C@H]3C[C@@H]5C(C23)C41. The van der Waals surface area contributed by atoms with E-state index in [1.807, 2.05) is 0 Å². The number of ether oxygens (including phenoxy) is 1. The molecule has 0 aliphatic heterocycles. The van der Waals surface area contributed by atoms with Gasteiger partial charge in [0.25, 0.3) is 0 Å². The highest BCUT2D eigenvalue weighted by molar-refractivity contribution is 6.01. The first-order valence-electron chi connectivity index (χ1n) is 7.47. The van der Waals surface area contributed by atoms with Crippen molar-refractivity contribution < 1.29 is 19.4 Å². The molecule has 0 saturated heterocycles. The van der Waals surface area contributed by atoms with Crippen LogP contribution in [0.1, 0.15) is 6.42 Å². The predicted molar refractivity (Wildman–Crippen MR) is 61.6 cm³/mol. The number of carboxylic acids is 1. The first-order valence-corrected chi connectivity index (χ1v) is 7.47. The minimum atomic E-state index is -1.17. The number of hydrogen-bond donors (Lipinski definition) is 1. The standard InChI is InChI=1S/C15H16O4/c1-19-14(18)15(13(16)17)11-7-3-2-4-6-5(3)9(11)10(6)12(15)8(4)7/h3-12H,2H2,1H3,(H,16,17)/t3-,4+,5?,6?,7?,8?,9?,10?,11?,12?,15?. The summed E-state index contributed by atoms with van der Waals surface area (Å²) in [7, 11) is 1.35. The number of methoxy groups -OCH3 is 1. The molecule has 7 fully saturated rings. The number of aliphatic carboxylic acids is 1. The summed E-state index contributed by atoms with van der Waals surface area (Å²) in [6.07, 6.45) is 1.33. The Labute approximate surface area is 110 Å². The summed E-state index contributed by atoms with van der Waals surface area (Å²) in [4.78, 5) is 24.5. The monoisotopic (exact) mass is 260 g/mol. The fraction of sp³-hybridized carbons (Fsp3) is 0.867. The second-order valence-corrected chi connectivity index (χ2v) is 7.74. The van der Waals surface area contributed by atoms with Gasteiger partial charge in [-0.25, -0.2) is 0 Å². The number of hydrogen-bond acceptors (Lipinski definition) is 3. The van der Waals surface area contributed by atoms with Crippen molar-refractivity contribution in [3.05, 3.63) is 0 Å². The van der Waals surface area contributed by atoms with E-state index in [4.69, 9.17) is 4.74 Å². The van der Waals surface area contributed by atoms with Crippen molar-refractivity contribution in [2.45, 2.75) is 6.42 Å². The Morgan fingerprint density at radius 3 is 1.95 bits per heavy atom. The molecule has 0 aromatic carbocycles. The molecule has 7 aliphatic carbocycles. The summed E-state index contributed by atoms with van der Waals surface area (Å²) in [5.74, 6) is 4.10. The minimum Gasteiger partial charge on any atom is -0.480 e. The Balaban J connectivity index is 1.65. The molecule has 9 unspecified atom stereocenters. The zero-order valence-corrected chi connectivity index (χ0v) is 10.7. The van der Waals surface area contributed by atoms with E-state index < -0.39 is 17.4 Å². The molecule has 7 aliphatic rings. The van der Waals surface area contributed by atoms with E-state index in [9.17, 15) is 14.7 Å². The number of carbonyl (C=O) groups excluding carboxylic acids is 1. The van der Waals surface area contributed by atoms with Crippen LogP contribution in [-0.4, -0.2) is 24.2 Å². The molecule has 4 bridgehead atoms. The van der Waals surface area contributed by atoms with E-state index in [2.05, 4.69) is 0 Å². The minimum absolute atomic E-state index is 0.108. The molecule has 0 aromatic rings. The van der Waals surface area contributed by atoms with Crippen LogP contribution in [0.2, 0.25) is 0 Å². The first kappa shape index (κ1) is 9.78. The lowest BCUT2D eigenvalue weighted by molar-refractivity contribution is -0.172. The third kappa shape index (κ3) is 0.577. The molecular weight excluding hydrogens is 244 g/mol. The van der Waals surface area contributed by atoms with E-state index in [-0.39, 0.29) is 11.8 Å². The van der Waals surface area contributed by atoms with Crippen molar-refractivity contribution in [1.29, 1.82) is 0 Å². The fourth-order valence-electron chi connectivity index (χ4n) is 8.78. The summed E-state index contributed by atoms with van der Waals surface area (Å²) in [5, 5.41) is 9.88. The molecule has 19 heavy (non-hydrogen) atoms. The molecule has 0 amide bonds. The lowest BCUT2D eigenvalue weighted by atomic mass is 9.60. The lowest BCUT2D eigenvalue weighted by Crippen LogP contribution is -2.46. The molecular formula is C15H16O4. The molecule has 100 valence electrons. The van der Waals surface area contributed by atoms with Crippen LogP contribution in [0.4, 0.5) is 0 Å². The van der Waals surface area contributed by atoms with Gasteiger partial charge in [0.2, 0.25) is 0 Å². The van der Waals surface area contributed by atoms with Gasteiger partial charge in [0.15, 0.2) is 5.41 Å². The average molecular weight is 260 g/mol. The summed E-state index contributed by atoms with van der Waals surface area (Å²) < 4.78 is 4.97. The number of esters is 1. The molecule has 0 aromatic heterocycles. The predicted octanol–water partition coefficient (Wildman–Crippen LogP) is 0.864. The zero-order chi connectivity index (χ0) is 12.8. The van der Waals surface area contributed by atoms with Crippen LogP contribution < -0.4 is 0 Å². The van der Waals surface area contributed by atoms with Gasteiger partial charge in [0, 0.05) is 0 Å². The third-order valence-electron chi connectivity index (χ3n) is 8.33. The molecule has 0 heterocycles. The van der Waals surface area contributed by atoms with Crippen LogP contribution >= 0.6 is 0 Å². The van der Waals surface area contributed by atoms with Gasteiger partial charge < -0.3 is 9.84 Å². The van der Waals surface area contributed by atoms with Crippen LogP contribution in [0.5, 0.6) is 0 Å². The van der Waals surface area contributed by atoms with Gasteiger partial charge in [-0.2, -0.15) is 0 Å². The molecule has 7 rings (SSSR count). The molecule has 11 atom stereocenters. The molecule has 4 nitrogen and oxygen atoms in total. The van der Waals surface area contributed by atoms with Gasteiger partial charge in [-0.3, -0.25) is 9.59 Å². The number of rotatable bonds is 2. The second kappa shape index (κ2) is 2.33. The highest BCUT2D eigenvalue weighted by Gasteiger charge is 2.95. The third-order valence-corrected chi connectivity index (χ3v) is 8.33. The van der Waals surface area contributed by atoms with E-state index in [0.717, 1.165) is 23.7 Å². The highest BCUT2D eigenvalue weighted by Crippen LogP contribution is 2.94. The van der Waals surface area contributed by atoms with Crippen LogP contribution in [-0.2, 0) is 14.3 Å². The summed E-state index contributed by atoms with van der Waals surface area (Å²) in [6, 6.07) is 0. The van der Waals surface area contributed by atoms with Gasteiger partial charge in [-0.1, -0.05) is 0 Å². The molecule has 4 heteroatoms. The molecule has 0 radical (unpaired) electrons. The van der Waals surface area contributed by atoms with Gasteiger partial charge in [-0.15, -0.1) is 0 Å². The Bertz CT molecular complexity index is 532. The van der Waals surface area contributed by atoms with Crippen LogP contribution in [0.15, 0.2) is 0 Å². The van der Waals surface area contributed by atoms with Crippen LogP contribution in [0, 0.1) is 64.6 Å². The normalized spacial score (nSPS) is 71.0.